The first-order chi connectivity index (χ1) is 4.77. The summed E-state index contributed by atoms with van der Waals surface area (Å²) in [5.74, 6) is 0.606. The largest absolute Gasteiger partial charge is 0.295 e. The van der Waals surface area contributed by atoms with Crippen molar-refractivity contribution < 1.29 is 4.79 Å². The second-order valence-corrected chi connectivity index (χ2v) is 2.57. The van der Waals surface area contributed by atoms with Crippen LogP contribution >= 0.6 is 0 Å². The fourth-order valence-electron chi connectivity index (χ4n) is 1.22. The second kappa shape index (κ2) is 2.82. The Bertz CT molecular complexity index is 189. The van der Waals surface area contributed by atoms with Gasteiger partial charge in [-0.3, -0.25) is 4.79 Å². The molecule has 0 aromatic carbocycles. The summed E-state index contributed by atoms with van der Waals surface area (Å²) in [5, 5.41) is 0. The molecule has 1 rings (SSSR count). The van der Waals surface area contributed by atoms with Crippen LogP contribution in [0.25, 0.3) is 0 Å². The topological polar surface area (TPSA) is 17.1 Å². The summed E-state index contributed by atoms with van der Waals surface area (Å²) in [6.07, 6.45) is 5.37. The van der Waals surface area contributed by atoms with E-state index < -0.39 is 0 Å². The highest BCUT2D eigenvalue weighted by Crippen LogP contribution is 2.23. The first-order valence-electron chi connectivity index (χ1n) is 3.64. The molecule has 54 valence electrons. The molecule has 1 aliphatic rings. The molecule has 0 radical (unpaired) electrons. The molecular weight excluding hydrogens is 124 g/mol. The summed E-state index contributed by atoms with van der Waals surface area (Å²) in [6.45, 7) is 5.66. The number of carbonyl (C=O) groups is 1. The molecule has 1 atom stereocenters. The van der Waals surface area contributed by atoms with Crippen molar-refractivity contribution >= 4 is 5.78 Å². The van der Waals surface area contributed by atoms with E-state index >= 15 is 0 Å². The normalized spacial score (nSPS) is 24.7. The second-order valence-electron chi connectivity index (χ2n) is 2.57. The number of carbonyl (C=O) groups excluding carboxylic acids is 1. The Hall–Kier alpha value is -0.850. The third-order valence-corrected chi connectivity index (χ3v) is 1.88. The van der Waals surface area contributed by atoms with E-state index in [2.05, 4.69) is 6.58 Å². The van der Waals surface area contributed by atoms with Crippen molar-refractivity contribution in [1.82, 2.24) is 0 Å². The van der Waals surface area contributed by atoms with Crippen LogP contribution in [0, 0.1) is 5.92 Å². The molecule has 0 bridgehead atoms. The number of hydrogen-bond acceptors (Lipinski definition) is 1. The molecule has 0 amide bonds. The maximum atomic E-state index is 11.1. The standard InChI is InChI=1S/C9H12O/c1-3-7-5-8(4-2)9(10)6-7/h3,5,7H,1,4,6H2,2H3. The maximum absolute atomic E-state index is 11.1. The summed E-state index contributed by atoms with van der Waals surface area (Å²) in [7, 11) is 0. The maximum Gasteiger partial charge on any atom is 0.159 e. The van der Waals surface area contributed by atoms with Crippen molar-refractivity contribution in [3.8, 4) is 0 Å². The third-order valence-electron chi connectivity index (χ3n) is 1.88. The van der Waals surface area contributed by atoms with Gasteiger partial charge < -0.3 is 0 Å². The smallest absolute Gasteiger partial charge is 0.159 e. The van der Waals surface area contributed by atoms with Crippen LogP contribution in [0.5, 0.6) is 0 Å². The number of rotatable bonds is 2. The van der Waals surface area contributed by atoms with Crippen LogP contribution in [0.15, 0.2) is 24.3 Å². The van der Waals surface area contributed by atoms with E-state index in [-0.39, 0.29) is 0 Å². The fraction of sp³-hybridized carbons (Fsp3) is 0.444. The molecule has 0 saturated heterocycles. The predicted molar refractivity (Wildman–Crippen MR) is 41.7 cm³/mol. The minimum atomic E-state index is 0.299. The monoisotopic (exact) mass is 136 g/mol. The van der Waals surface area contributed by atoms with Crippen LogP contribution < -0.4 is 0 Å². The molecule has 0 fully saturated rings. The fourth-order valence-corrected chi connectivity index (χ4v) is 1.22. The molecular formula is C9H12O. The average Bonchev–Trinajstić information content (AvgIpc) is 2.30. The van der Waals surface area contributed by atoms with Gasteiger partial charge in [-0.2, -0.15) is 0 Å². The van der Waals surface area contributed by atoms with Gasteiger partial charge in [0.25, 0.3) is 0 Å². The molecule has 1 heteroatoms. The number of hydrogen-bond donors (Lipinski definition) is 0. The lowest BCUT2D eigenvalue weighted by Gasteiger charge is -1.92. The molecule has 10 heavy (non-hydrogen) atoms. The summed E-state index contributed by atoms with van der Waals surface area (Å²) in [5.41, 5.74) is 0.977. The lowest BCUT2D eigenvalue weighted by Crippen LogP contribution is -1.95. The molecule has 1 nitrogen and oxygen atoms in total. The first kappa shape index (κ1) is 7.26. The van der Waals surface area contributed by atoms with Crippen LogP contribution in [0.1, 0.15) is 19.8 Å². The zero-order chi connectivity index (χ0) is 7.56. The molecule has 1 unspecified atom stereocenters. The highest BCUT2D eigenvalue weighted by Gasteiger charge is 2.19. The van der Waals surface area contributed by atoms with Gasteiger partial charge in [0.05, 0.1) is 0 Å². The van der Waals surface area contributed by atoms with E-state index in [1.54, 1.807) is 0 Å². The van der Waals surface area contributed by atoms with E-state index in [4.69, 9.17) is 0 Å². The van der Waals surface area contributed by atoms with Gasteiger partial charge in [0.1, 0.15) is 0 Å². The van der Waals surface area contributed by atoms with E-state index in [0.29, 0.717) is 18.1 Å². The Morgan fingerprint density at radius 3 is 2.90 bits per heavy atom. The highest BCUT2D eigenvalue weighted by molar-refractivity contribution is 5.98. The van der Waals surface area contributed by atoms with Crippen LogP contribution in [-0.2, 0) is 4.79 Å². The number of allylic oxidation sites excluding steroid dienone is 3. The van der Waals surface area contributed by atoms with Crippen molar-refractivity contribution in [2.45, 2.75) is 19.8 Å². The van der Waals surface area contributed by atoms with Gasteiger partial charge in [-0.25, -0.2) is 0 Å². The first-order valence-corrected chi connectivity index (χ1v) is 3.64. The lowest BCUT2D eigenvalue weighted by molar-refractivity contribution is -0.115. The molecule has 0 aromatic rings. The Kier molecular flexibility index (Phi) is 2.05. The number of ketones is 1. The molecule has 0 aromatic heterocycles. The van der Waals surface area contributed by atoms with Crippen molar-refractivity contribution in [2.75, 3.05) is 0 Å². The van der Waals surface area contributed by atoms with Crippen molar-refractivity contribution in [1.29, 1.82) is 0 Å². The lowest BCUT2D eigenvalue weighted by atomic mass is 10.1. The molecule has 0 saturated carbocycles. The van der Waals surface area contributed by atoms with Gasteiger partial charge in [-0.1, -0.05) is 19.1 Å². The van der Waals surface area contributed by atoms with E-state index in [9.17, 15) is 4.79 Å². The predicted octanol–water partition coefficient (Wildman–Crippen LogP) is 2.10. The van der Waals surface area contributed by atoms with Gasteiger partial charge in [-0.05, 0) is 12.0 Å². The van der Waals surface area contributed by atoms with Crippen LogP contribution in [-0.4, -0.2) is 5.78 Å². The number of Topliss-reactive ketones (excluding diaryl/α,β-unsaturated/α-hetero) is 1. The average molecular weight is 136 g/mol. The Morgan fingerprint density at radius 2 is 2.60 bits per heavy atom. The molecule has 0 heterocycles. The minimum absolute atomic E-state index is 0.299. The molecule has 0 spiro atoms. The van der Waals surface area contributed by atoms with Gasteiger partial charge in [0.2, 0.25) is 0 Å². The van der Waals surface area contributed by atoms with Gasteiger partial charge in [-0.15, -0.1) is 6.58 Å². The Balaban J connectivity index is 2.71. The van der Waals surface area contributed by atoms with Crippen LogP contribution in [0.4, 0.5) is 0 Å². The van der Waals surface area contributed by atoms with Crippen molar-refractivity contribution in [2.24, 2.45) is 5.92 Å². The Labute approximate surface area is 61.4 Å². The SMILES string of the molecule is C=CC1C=C(CC)C(=O)C1. The van der Waals surface area contributed by atoms with Crippen molar-refractivity contribution in [3.63, 3.8) is 0 Å². The van der Waals surface area contributed by atoms with Crippen molar-refractivity contribution in [3.05, 3.63) is 24.3 Å². The van der Waals surface area contributed by atoms with Gasteiger partial charge in [0.15, 0.2) is 5.78 Å². The van der Waals surface area contributed by atoms with Crippen LogP contribution in [0.2, 0.25) is 0 Å². The highest BCUT2D eigenvalue weighted by atomic mass is 16.1. The zero-order valence-electron chi connectivity index (χ0n) is 6.26. The Morgan fingerprint density at radius 1 is 1.90 bits per heavy atom. The quantitative estimate of drug-likeness (QED) is 0.531. The summed E-state index contributed by atoms with van der Waals surface area (Å²) in [6, 6.07) is 0. The summed E-state index contributed by atoms with van der Waals surface area (Å²) < 4.78 is 0. The summed E-state index contributed by atoms with van der Waals surface area (Å²) in [4.78, 5) is 11.1. The molecule has 0 N–H and O–H groups in total. The van der Waals surface area contributed by atoms with Gasteiger partial charge in [0, 0.05) is 12.3 Å². The van der Waals surface area contributed by atoms with E-state index in [1.165, 1.54) is 0 Å². The van der Waals surface area contributed by atoms with Crippen LogP contribution in [0.3, 0.4) is 0 Å². The van der Waals surface area contributed by atoms with Gasteiger partial charge >= 0.3 is 0 Å². The zero-order valence-corrected chi connectivity index (χ0v) is 6.26. The van der Waals surface area contributed by atoms with E-state index in [0.717, 1.165) is 12.0 Å². The summed E-state index contributed by atoms with van der Waals surface area (Å²) >= 11 is 0. The molecule has 1 aliphatic carbocycles. The van der Waals surface area contributed by atoms with E-state index in [1.807, 2.05) is 19.1 Å². The molecule has 0 aliphatic heterocycles. The minimum Gasteiger partial charge on any atom is -0.295 e. The third kappa shape index (κ3) is 1.18.